The quantitative estimate of drug-likeness (QED) is 0.462. The smallest absolute Gasteiger partial charge is 0.343 e. The Kier molecular flexibility index (Phi) is 4.96. The van der Waals surface area contributed by atoms with E-state index >= 15 is 0 Å². The van der Waals surface area contributed by atoms with Crippen LogP contribution in [0.5, 0.6) is 17.2 Å². The van der Waals surface area contributed by atoms with Crippen LogP contribution in [0.4, 0.5) is 0 Å². The van der Waals surface area contributed by atoms with Crippen molar-refractivity contribution in [1.82, 2.24) is 0 Å². The van der Waals surface area contributed by atoms with E-state index in [0.29, 0.717) is 22.8 Å². The lowest BCUT2D eigenvalue weighted by molar-refractivity contribution is -0.130. The molecule has 1 aliphatic rings. The number of methoxy groups -OCH3 is 3. The van der Waals surface area contributed by atoms with Crippen LogP contribution >= 0.6 is 0 Å². The normalized spacial score (nSPS) is 14.7. The van der Waals surface area contributed by atoms with Gasteiger partial charge in [-0.1, -0.05) is 18.2 Å². The lowest BCUT2D eigenvalue weighted by Gasteiger charge is -2.07. The molecular formula is C24H20O5. The Morgan fingerprint density at radius 2 is 1.48 bits per heavy atom. The summed E-state index contributed by atoms with van der Waals surface area (Å²) in [5.74, 6) is 2.24. The SMILES string of the molecule is COc1ccc(OC)c(/C=C2/C=C(c3ccc4cc(OC)ccc4c3)OC2=O)c1. The number of carbonyl (C=O) groups excluding carboxylic acids is 1. The summed E-state index contributed by atoms with van der Waals surface area (Å²) in [5, 5.41) is 2.09. The van der Waals surface area contributed by atoms with Gasteiger partial charge in [-0.15, -0.1) is 0 Å². The summed E-state index contributed by atoms with van der Waals surface area (Å²) in [6.07, 6.45) is 3.48. The fourth-order valence-electron chi connectivity index (χ4n) is 3.26. The molecule has 3 aromatic carbocycles. The molecule has 5 heteroatoms. The highest BCUT2D eigenvalue weighted by molar-refractivity contribution is 6.05. The molecule has 0 aliphatic carbocycles. The van der Waals surface area contributed by atoms with Crippen LogP contribution in [0.15, 0.2) is 66.2 Å². The van der Waals surface area contributed by atoms with Gasteiger partial charge in [0.1, 0.15) is 23.0 Å². The number of ether oxygens (including phenoxy) is 4. The third-order valence-corrected chi connectivity index (χ3v) is 4.80. The second-order valence-electron chi connectivity index (χ2n) is 6.53. The van der Waals surface area contributed by atoms with Crippen LogP contribution in [0.25, 0.3) is 22.6 Å². The van der Waals surface area contributed by atoms with Crippen LogP contribution in [0.2, 0.25) is 0 Å². The van der Waals surface area contributed by atoms with Gasteiger partial charge >= 0.3 is 5.97 Å². The minimum absolute atomic E-state index is 0.403. The van der Waals surface area contributed by atoms with Crippen molar-refractivity contribution in [2.24, 2.45) is 0 Å². The molecule has 0 fully saturated rings. The van der Waals surface area contributed by atoms with Crippen molar-refractivity contribution < 1.29 is 23.7 Å². The Labute approximate surface area is 168 Å². The first-order chi connectivity index (χ1) is 14.1. The molecule has 0 aromatic heterocycles. The highest BCUT2D eigenvalue weighted by Gasteiger charge is 2.22. The third kappa shape index (κ3) is 3.67. The maximum Gasteiger partial charge on any atom is 0.343 e. The van der Waals surface area contributed by atoms with E-state index in [2.05, 4.69) is 0 Å². The van der Waals surface area contributed by atoms with Gasteiger partial charge in [0.15, 0.2) is 0 Å². The van der Waals surface area contributed by atoms with E-state index in [4.69, 9.17) is 18.9 Å². The number of esters is 1. The van der Waals surface area contributed by atoms with Gasteiger partial charge in [-0.3, -0.25) is 0 Å². The van der Waals surface area contributed by atoms with Crippen molar-refractivity contribution in [3.05, 3.63) is 77.4 Å². The molecule has 0 atom stereocenters. The van der Waals surface area contributed by atoms with Gasteiger partial charge in [-0.05, 0) is 59.3 Å². The van der Waals surface area contributed by atoms with Gasteiger partial charge in [0.2, 0.25) is 0 Å². The molecule has 29 heavy (non-hydrogen) atoms. The largest absolute Gasteiger partial charge is 0.497 e. The zero-order valence-electron chi connectivity index (χ0n) is 16.4. The average molecular weight is 388 g/mol. The van der Waals surface area contributed by atoms with Gasteiger partial charge in [0.05, 0.1) is 26.9 Å². The Morgan fingerprint density at radius 1 is 0.793 bits per heavy atom. The van der Waals surface area contributed by atoms with E-state index in [0.717, 1.165) is 27.6 Å². The van der Waals surface area contributed by atoms with Gasteiger partial charge in [0.25, 0.3) is 0 Å². The zero-order chi connectivity index (χ0) is 20.4. The monoisotopic (exact) mass is 388 g/mol. The van der Waals surface area contributed by atoms with Crippen molar-refractivity contribution in [1.29, 1.82) is 0 Å². The van der Waals surface area contributed by atoms with E-state index in [1.54, 1.807) is 45.6 Å². The summed E-state index contributed by atoms with van der Waals surface area (Å²) in [7, 11) is 4.82. The maximum atomic E-state index is 12.4. The number of fused-ring (bicyclic) bond motifs is 1. The Hall–Kier alpha value is -3.73. The van der Waals surface area contributed by atoms with Crippen LogP contribution in [0.1, 0.15) is 11.1 Å². The zero-order valence-corrected chi connectivity index (χ0v) is 16.4. The van der Waals surface area contributed by atoms with Gasteiger partial charge in [0, 0.05) is 11.1 Å². The summed E-state index contributed by atoms with van der Waals surface area (Å²) in [5.41, 5.74) is 2.01. The predicted molar refractivity (Wildman–Crippen MR) is 112 cm³/mol. The van der Waals surface area contributed by atoms with Gasteiger partial charge in [-0.2, -0.15) is 0 Å². The molecule has 3 aromatic rings. The number of hydrogen-bond donors (Lipinski definition) is 0. The summed E-state index contributed by atoms with van der Waals surface area (Å²) in [6, 6.07) is 17.2. The molecule has 0 bridgehead atoms. The predicted octanol–water partition coefficient (Wildman–Crippen LogP) is 4.85. The van der Waals surface area contributed by atoms with Crippen LogP contribution in [-0.2, 0) is 9.53 Å². The first kappa shape index (κ1) is 18.6. The Balaban J connectivity index is 1.71. The number of rotatable bonds is 5. The summed E-state index contributed by atoms with van der Waals surface area (Å²) < 4.78 is 21.4. The number of benzene rings is 3. The number of cyclic esters (lactones) is 1. The molecule has 0 saturated carbocycles. The molecular weight excluding hydrogens is 368 g/mol. The lowest BCUT2D eigenvalue weighted by atomic mass is 10.0. The van der Waals surface area contributed by atoms with Crippen molar-refractivity contribution in [2.75, 3.05) is 21.3 Å². The highest BCUT2D eigenvalue weighted by Crippen LogP contribution is 2.32. The minimum atomic E-state index is -0.403. The van der Waals surface area contributed by atoms with Gasteiger partial charge in [-0.25, -0.2) is 4.79 Å². The van der Waals surface area contributed by atoms with E-state index in [1.165, 1.54) is 0 Å². The standard InChI is InChI=1S/C24H20O5/c1-26-20-7-6-15-10-17(5-4-16(15)12-20)23-14-19(24(25)29-23)11-18-13-21(27-2)8-9-22(18)28-3/h4-14H,1-3H3/b19-11-. The molecule has 0 saturated heterocycles. The van der Waals surface area contributed by atoms with Crippen molar-refractivity contribution in [3.63, 3.8) is 0 Å². The van der Waals surface area contributed by atoms with Crippen molar-refractivity contribution in [2.45, 2.75) is 0 Å². The molecule has 1 heterocycles. The molecule has 0 amide bonds. The van der Waals surface area contributed by atoms with Crippen LogP contribution in [0.3, 0.4) is 0 Å². The Morgan fingerprint density at radius 3 is 2.24 bits per heavy atom. The summed E-state index contributed by atoms with van der Waals surface area (Å²) in [4.78, 5) is 12.4. The number of carbonyl (C=O) groups is 1. The second-order valence-corrected chi connectivity index (χ2v) is 6.53. The molecule has 146 valence electrons. The fraction of sp³-hybridized carbons (Fsp3) is 0.125. The molecule has 1 aliphatic heterocycles. The topological polar surface area (TPSA) is 54.0 Å². The van der Waals surface area contributed by atoms with E-state index in [1.807, 2.05) is 42.5 Å². The lowest BCUT2D eigenvalue weighted by Crippen LogP contribution is -1.98. The fourth-order valence-corrected chi connectivity index (χ4v) is 3.26. The van der Waals surface area contributed by atoms with E-state index < -0.39 is 5.97 Å². The second kappa shape index (κ2) is 7.72. The molecule has 5 nitrogen and oxygen atoms in total. The van der Waals surface area contributed by atoms with Crippen molar-refractivity contribution in [3.8, 4) is 17.2 Å². The van der Waals surface area contributed by atoms with Crippen LogP contribution < -0.4 is 14.2 Å². The summed E-state index contributed by atoms with van der Waals surface area (Å²) >= 11 is 0. The van der Waals surface area contributed by atoms with Gasteiger partial charge < -0.3 is 18.9 Å². The first-order valence-electron chi connectivity index (χ1n) is 9.07. The van der Waals surface area contributed by atoms with Crippen LogP contribution in [0, 0.1) is 0 Å². The maximum absolute atomic E-state index is 12.4. The summed E-state index contributed by atoms with van der Waals surface area (Å²) in [6.45, 7) is 0. The Bertz CT molecular complexity index is 1160. The molecule has 0 unspecified atom stereocenters. The van der Waals surface area contributed by atoms with Crippen LogP contribution in [-0.4, -0.2) is 27.3 Å². The molecule has 0 radical (unpaired) electrons. The third-order valence-electron chi connectivity index (χ3n) is 4.80. The molecule has 0 N–H and O–H groups in total. The molecule has 4 rings (SSSR count). The van der Waals surface area contributed by atoms with Crippen molar-refractivity contribution >= 4 is 28.6 Å². The molecule has 0 spiro atoms. The highest BCUT2D eigenvalue weighted by atomic mass is 16.5. The first-order valence-corrected chi connectivity index (χ1v) is 9.07. The average Bonchev–Trinajstić information content (AvgIpc) is 3.13. The van der Waals surface area contributed by atoms with E-state index in [-0.39, 0.29) is 0 Å². The number of hydrogen-bond acceptors (Lipinski definition) is 5. The minimum Gasteiger partial charge on any atom is -0.497 e. The van der Waals surface area contributed by atoms with E-state index in [9.17, 15) is 4.79 Å².